The van der Waals surface area contributed by atoms with E-state index in [1.165, 1.54) is 57.8 Å². The van der Waals surface area contributed by atoms with Gasteiger partial charge in [-0.2, -0.15) is 0 Å². The van der Waals surface area contributed by atoms with E-state index >= 15 is 0 Å². The third-order valence-electron chi connectivity index (χ3n) is 4.95. The fourth-order valence-electron chi connectivity index (χ4n) is 3.83. The lowest BCUT2D eigenvalue weighted by molar-refractivity contribution is 0.222. The Balaban J connectivity index is 2.16. The molecule has 2 nitrogen and oxygen atoms in total. The summed E-state index contributed by atoms with van der Waals surface area (Å²) in [5, 5.41) is 13.1. The molecule has 0 spiro atoms. The summed E-state index contributed by atoms with van der Waals surface area (Å²) in [6, 6.07) is 0. The molecule has 0 aromatic carbocycles. The van der Waals surface area contributed by atoms with Crippen molar-refractivity contribution in [2.24, 2.45) is 22.4 Å². The summed E-state index contributed by atoms with van der Waals surface area (Å²) in [7, 11) is 0. The van der Waals surface area contributed by atoms with Crippen molar-refractivity contribution in [3.05, 3.63) is 0 Å². The van der Waals surface area contributed by atoms with Crippen LogP contribution in [-0.2, 0) is 0 Å². The molecule has 17 heavy (non-hydrogen) atoms. The predicted octanol–water partition coefficient (Wildman–Crippen LogP) is 4.61. The van der Waals surface area contributed by atoms with Gasteiger partial charge in [0.2, 0.25) is 0 Å². The Morgan fingerprint density at radius 2 is 1.65 bits per heavy atom. The summed E-state index contributed by atoms with van der Waals surface area (Å²) in [5.41, 5.74) is 1.21. The highest BCUT2D eigenvalue weighted by Crippen LogP contribution is 2.44. The minimum absolute atomic E-state index is 0.115. The first-order chi connectivity index (χ1) is 8.15. The van der Waals surface area contributed by atoms with Crippen LogP contribution in [0.3, 0.4) is 0 Å². The van der Waals surface area contributed by atoms with Gasteiger partial charge in [-0.1, -0.05) is 51.1 Å². The third-order valence-corrected chi connectivity index (χ3v) is 4.95. The Morgan fingerprint density at radius 3 is 2.35 bits per heavy atom. The average Bonchev–Trinajstić information content (AvgIpc) is 2.39. The zero-order chi connectivity index (χ0) is 12.3. The quantitative estimate of drug-likeness (QED) is 0.484. The van der Waals surface area contributed by atoms with Crippen LogP contribution in [0.1, 0.15) is 71.6 Å². The van der Waals surface area contributed by atoms with Crippen molar-refractivity contribution in [2.75, 3.05) is 0 Å². The van der Waals surface area contributed by atoms with Gasteiger partial charge >= 0.3 is 0 Å². The van der Waals surface area contributed by atoms with Gasteiger partial charge in [0.1, 0.15) is 0 Å². The van der Waals surface area contributed by atoms with Crippen molar-refractivity contribution in [3.63, 3.8) is 0 Å². The standard InChI is InChI=1S/C15H27NO/c1-15(2)11-10-12-8-6-4-3-5-7-9-13(12)14(15)16-17/h12-13,17H,3-11H2,1-2H3/b16-14-. The maximum atomic E-state index is 9.39. The second kappa shape index (κ2) is 5.41. The number of hydrogen-bond acceptors (Lipinski definition) is 2. The molecule has 0 saturated heterocycles. The molecule has 98 valence electrons. The summed E-state index contributed by atoms with van der Waals surface area (Å²) in [6.45, 7) is 4.48. The maximum Gasteiger partial charge on any atom is 0.0660 e. The van der Waals surface area contributed by atoms with Crippen molar-refractivity contribution in [1.82, 2.24) is 0 Å². The monoisotopic (exact) mass is 237 g/mol. The van der Waals surface area contributed by atoms with Crippen molar-refractivity contribution in [2.45, 2.75) is 71.6 Å². The van der Waals surface area contributed by atoms with Crippen LogP contribution in [0.2, 0.25) is 0 Å². The zero-order valence-corrected chi connectivity index (χ0v) is 11.4. The molecular weight excluding hydrogens is 210 g/mol. The summed E-state index contributed by atoms with van der Waals surface area (Å²) in [4.78, 5) is 0. The van der Waals surface area contributed by atoms with Crippen molar-refractivity contribution < 1.29 is 5.21 Å². The first-order valence-electron chi connectivity index (χ1n) is 7.37. The van der Waals surface area contributed by atoms with E-state index < -0.39 is 0 Å². The van der Waals surface area contributed by atoms with Gasteiger partial charge in [0.15, 0.2) is 0 Å². The summed E-state index contributed by atoms with van der Waals surface area (Å²) in [5.74, 6) is 1.34. The van der Waals surface area contributed by atoms with E-state index in [0.29, 0.717) is 5.92 Å². The molecule has 0 aromatic rings. The lowest BCUT2D eigenvalue weighted by Gasteiger charge is -2.41. The predicted molar refractivity (Wildman–Crippen MR) is 71.5 cm³/mol. The Labute approximate surface area is 105 Å². The highest BCUT2D eigenvalue weighted by Gasteiger charge is 2.40. The SMILES string of the molecule is CC1(C)CCC2CCCCCCCC2/C1=N/O. The first kappa shape index (κ1) is 12.9. The fraction of sp³-hybridized carbons (Fsp3) is 0.933. The van der Waals surface area contributed by atoms with Crippen LogP contribution >= 0.6 is 0 Å². The van der Waals surface area contributed by atoms with Crippen LogP contribution < -0.4 is 0 Å². The maximum absolute atomic E-state index is 9.39. The van der Waals surface area contributed by atoms with Crippen LogP contribution in [-0.4, -0.2) is 10.9 Å². The molecule has 2 heteroatoms. The van der Waals surface area contributed by atoms with Gasteiger partial charge < -0.3 is 5.21 Å². The molecule has 2 aliphatic carbocycles. The van der Waals surface area contributed by atoms with E-state index in [9.17, 15) is 5.21 Å². The largest absolute Gasteiger partial charge is 0.411 e. The zero-order valence-electron chi connectivity index (χ0n) is 11.4. The minimum atomic E-state index is 0.115. The number of hydrogen-bond donors (Lipinski definition) is 1. The third kappa shape index (κ3) is 2.83. The molecule has 0 bridgehead atoms. The fourth-order valence-corrected chi connectivity index (χ4v) is 3.83. The molecule has 0 radical (unpaired) electrons. The summed E-state index contributed by atoms with van der Waals surface area (Å²) in [6.07, 6.45) is 12.0. The molecule has 0 heterocycles. The molecular formula is C15H27NO. The second-order valence-electron chi connectivity index (χ2n) is 6.62. The molecule has 2 rings (SSSR count). The molecule has 0 aromatic heterocycles. The smallest absolute Gasteiger partial charge is 0.0660 e. The number of fused-ring (bicyclic) bond motifs is 1. The molecule has 2 aliphatic rings. The summed E-state index contributed by atoms with van der Waals surface area (Å²) < 4.78 is 0. The highest BCUT2D eigenvalue weighted by atomic mass is 16.4. The van der Waals surface area contributed by atoms with Gasteiger partial charge in [-0.25, -0.2) is 0 Å². The lowest BCUT2D eigenvalue weighted by Crippen LogP contribution is -2.40. The molecule has 1 N–H and O–H groups in total. The number of nitrogens with zero attached hydrogens (tertiary/aromatic N) is 1. The van der Waals surface area contributed by atoms with Crippen LogP contribution in [0.25, 0.3) is 0 Å². The molecule has 2 atom stereocenters. The normalized spacial score (nSPS) is 36.7. The number of rotatable bonds is 0. The first-order valence-corrected chi connectivity index (χ1v) is 7.37. The van der Waals surface area contributed by atoms with Crippen molar-refractivity contribution >= 4 is 5.71 Å². The molecule has 0 amide bonds. The summed E-state index contributed by atoms with van der Waals surface area (Å²) >= 11 is 0. The van der Waals surface area contributed by atoms with Crippen LogP contribution in [0, 0.1) is 17.3 Å². The van der Waals surface area contributed by atoms with E-state index in [-0.39, 0.29) is 5.41 Å². The van der Waals surface area contributed by atoms with E-state index in [2.05, 4.69) is 19.0 Å². The Morgan fingerprint density at radius 1 is 1.00 bits per heavy atom. The Bertz CT molecular complexity index is 283. The topological polar surface area (TPSA) is 32.6 Å². The van der Waals surface area contributed by atoms with E-state index in [1.807, 2.05) is 0 Å². The van der Waals surface area contributed by atoms with Gasteiger partial charge in [0.25, 0.3) is 0 Å². The van der Waals surface area contributed by atoms with Crippen molar-refractivity contribution in [1.29, 1.82) is 0 Å². The van der Waals surface area contributed by atoms with Crippen LogP contribution in [0.15, 0.2) is 5.16 Å². The van der Waals surface area contributed by atoms with Crippen LogP contribution in [0.4, 0.5) is 0 Å². The van der Waals surface area contributed by atoms with E-state index in [0.717, 1.165) is 11.6 Å². The van der Waals surface area contributed by atoms with Gasteiger partial charge in [-0.3, -0.25) is 0 Å². The Hall–Kier alpha value is -0.530. The van der Waals surface area contributed by atoms with Crippen LogP contribution in [0.5, 0.6) is 0 Å². The molecule has 2 fully saturated rings. The molecule has 0 aliphatic heterocycles. The molecule has 2 unspecified atom stereocenters. The van der Waals surface area contributed by atoms with Gasteiger partial charge in [-0.05, 0) is 31.6 Å². The van der Waals surface area contributed by atoms with Gasteiger partial charge in [-0.15, -0.1) is 0 Å². The Kier molecular flexibility index (Phi) is 4.11. The lowest BCUT2D eigenvalue weighted by atomic mass is 9.63. The molecule has 2 saturated carbocycles. The van der Waals surface area contributed by atoms with Gasteiger partial charge in [0, 0.05) is 11.3 Å². The van der Waals surface area contributed by atoms with E-state index in [4.69, 9.17) is 0 Å². The van der Waals surface area contributed by atoms with E-state index in [1.54, 1.807) is 0 Å². The minimum Gasteiger partial charge on any atom is -0.411 e. The number of oxime groups is 1. The average molecular weight is 237 g/mol. The van der Waals surface area contributed by atoms with Crippen molar-refractivity contribution in [3.8, 4) is 0 Å². The second-order valence-corrected chi connectivity index (χ2v) is 6.62. The highest BCUT2D eigenvalue weighted by molar-refractivity contribution is 5.92. The van der Waals surface area contributed by atoms with Gasteiger partial charge in [0.05, 0.1) is 5.71 Å².